The van der Waals surface area contributed by atoms with Crippen molar-refractivity contribution in [1.82, 2.24) is 10.6 Å². The summed E-state index contributed by atoms with van der Waals surface area (Å²) in [5.74, 6) is -1.27. The third-order valence-electron chi connectivity index (χ3n) is 6.05. The van der Waals surface area contributed by atoms with Gasteiger partial charge in [-0.25, -0.2) is 4.79 Å². The van der Waals surface area contributed by atoms with Gasteiger partial charge in [0.05, 0.1) is 34.4 Å². The summed E-state index contributed by atoms with van der Waals surface area (Å²) in [6.45, 7) is 15.6. The highest BCUT2D eigenvalue weighted by molar-refractivity contribution is 6.40. The molecule has 0 saturated carbocycles. The number of nitrogens with zero attached hydrogens (tertiary/aromatic N) is 2. The number of hydrogen-bond donors (Lipinski definition) is 4. The van der Waals surface area contributed by atoms with Crippen LogP contribution in [0.5, 0.6) is 5.75 Å². The van der Waals surface area contributed by atoms with Gasteiger partial charge in [0, 0.05) is 18.0 Å². The van der Waals surface area contributed by atoms with Crippen molar-refractivity contribution in [2.24, 2.45) is 15.6 Å². The fraction of sp³-hybridized carbons (Fsp3) is 0.344. The van der Waals surface area contributed by atoms with Gasteiger partial charge >= 0.3 is 6.09 Å². The monoisotopic (exact) mass is 659 g/mol. The van der Waals surface area contributed by atoms with Gasteiger partial charge in [0.15, 0.2) is 0 Å². The summed E-state index contributed by atoms with van der Waals surface area (Å²) in [6, 6.07) is 10.0. The number of benzene rings is 2. The van der Waals surface area contributed by atoms with Crippen molar-refractivity contribution >= 4 is 58.3 Å². The predicted octanol–water partition coefficient (Wildman–Crippen LogP) is 6.43. The van der Waals surface area contributed by atoms with Crippen LogP contribution in [0.1, 0.15) is 51.2 Å². The molecule has 1 atom stereocenters. The van der Waals surface area contributed by atoms with Crippen LogP contribution in [0.3, 0.4) is 0 Å². The Morgan fingerprint density at radius 2 is 1.69 bits per heavy atom. The smallest absolute Gasteiger partial charge is 0.432 e. The molecule has 0 aromatic heterocycles. The summed E-state index contributed by atoms with van der Waals surface area (Å²) in [4.78, 5) is 46.6. The lowest BCUT2D eigenvalue weighted by Crippen LogP contribution is -2.41. The molecule has 2 aromatic rings. The molecule has 13 heteroatoms. The number of amides is 3. The molecule has 45 heavy (non-hydrogen) atoms. The fourth-order valence-electron chi connectivity index (χ4n) is 4.25. The molecule has 0 aliphatic heterocycles. The van der Waals surface area contributed by atoms with E-state index in [1.807, 2.05) is 20.8 Å². The Morgan fingerprint density at radius 1 is 1.04 bits per heavy atom. The lowest BCUT2D eigenvalue weighted by atomic mass is 9.75. The second kappa shape index (κ2) is 17.9. The van der Waals surface area contributed by atoms with Gasteiger partial charge in [-0.05, 0) is 54.3 Å². The molecule has 242 valence electrons. The number of ether oxygens (including phenoxy) is 1. The average molecular weight is 661 g/mol. The Bertz CT molecular complexity index is 1410. The number of amidine groups is 1. The molecular formula is C32H39Cl2N5O6. The topological polar surface area (TPSA) is 151 Å². The minimum Gasteiger partial charge on any atom is -0.490 e. The second-order valence-electron chi connectivity index (χ2n) is 10.7. The van der Waals surface area contributed by atoms with E-state index in [1.54, 1.807) is 55.5 Å². The SMILES string of the molecule is C=CCNCC(=O)Nc1c(Cl)cc(C(C(=NC(=O)O)NC(=O)CC(=NOCC)c2ccc(OCC=C)cc2)C(C)(C)C)cc1Cl. The summed E-state index contributed by atoms with van der Waals surface area (Å²) >= 11 is 13.1. The number of carbonyl (C=O) groups excluding carboxylic acids is 2. The lowest BCUT2D eigenvalue weighted by Gasteiger charge is -2.32. The Morgan fingerprint density at radius 3 is 2.22 bits per heavy atom. The maximum atomic E-state index is 13.4. The van der Waals surface area contributed by atoms with E-state index in [9.17, 15) is 19.5 Å². The van der Waals surface area contributed by atoms with E-state index in [4.69, 9.17) is 32.8 Å². The molecular weight excluding hydrogens is 621 g/mol. The highest BCUT2D eigenvalue weighted by Crippen LogP contribution is 2.41. The van der Waals surface area contributed by atoms with Crippen LogP contribution >= 0.6 is 23.2 Å². The van der Waals surface area contributed by atoms with E-state index >= 15 is 0 Å². The van der Waals surface area contributed by atoms with Crippen LogP contribution < -0.4 is 20.7 Å². The minimum absolute atomic E-state index is 0.00825. The van der Waals surface area contributed by atoms with Gasteiger partial charge in [-0.15, -0.1) is 6.58 Å². The number of hydrogen-bond acceptors (Lipinski definition) is 7. The number of rotatable bonds is 15. The maximum Gasteiger partial charge on any atom is 0.432 e. The Balaban J connectivity index is 2.42. The molecule has 0 spiro atoms. The normalized spacial score (nSPS) is 12.6. The van der Waals surface area contributed by atoms with Crippen LogP contribution in [-0.4, -0.2) is 60.9 Å². The zero-order valence-corrected chi connectivity index (χ0v) is 27.3. The van der Waals surface area contributed by atoms with Gasteiger partial charge in [-0.2, -0.15) is 4.99 Å². The summed E-state index contributed by atoms with van der Waals surface area (Å²) in [5, 5.41) is 22.2. The van der Waals surface area contributed by atoms with E-state index in [1.165, 1.54) is 0 Å². The first-order valence-corrected chi connectivity index (χ1v) is 14.8. The van der Waals surface area contributed by atoms with E-state index in [0.717, 1.165) is 0 Å². The van der Waals surface area contributed by atoms with Crippen molar-refractivity contribution in [3.63, 3.8) is 0 Å². The third-order valence-corrected chi connectivity index (χ3v) is 6.64. The van der Waals surface area contributed by atoms with E-state index in [2.05, 4.69) is 39.3 Å². The third kappa shape index (κ3) is 12.0. The Hall–Kier alpha value is -4.19. The van der Waals surface area contributed by atoms with E-state index in [0.29, 0.717) is 35.7 Å². The first kappa shape index (κ1) is 37.0. The highest BCUT2D eigenvalue weighted by atomic mass is 35.5. The molecule has 3 amide bonds. The number of anilines is 1. The van der Waals surface area contributed by atoms with Crippen LogP contribution in [0, 0.1) is 5.41 Å². The van der Waals surface area contributed by atoms with Gasteiger partial charge in [-0.1, -0.05) is 67.9 Å². The van der Waals surface area contributed by atoms with Crippen LogP contribution in [0.15, 0.2) is 71.9 Å². The number of halogens is 2. The maximum absolute atomic E-state index is 13.4. The summed E-state index contributed by atoms with van der Waals surface area (Å²) in [5.41, 5.74) is 0.888. The highest BCUT2D eigenvalue weighted by Gasteiger charge is 2.34. The molecule has 1 unspecified atom stereocenters. The molecule has 0 bridgehead atoms. The zero-order chi connectivity index (χ0) is 33.6. The van der Waals surface area contributed by atoms with Crippen molar-refractivity contribution in [3.05, 3.63) is 82.9 Å². The number of oxime groups is 1. The van der Waals surface area contributed by atoms with Crippen LogP contribution in [0.4, 0.5) is 10.5 Å². The van der Waals surface area contributed by atoms with Crippen molar-refractivity contribution in [2.75, 3.05) is 31.6 Å². The van der Waals surface area contributed by atoms with Gasteiger partial charge in [0.1, 0.15) is 24.8 Å². The van der Waals surface area contributed by atoms with Crippen molar-refractivity contribution in [1.29, 1.82) is 0 Å². The molecule has 2 aromatic carbocycles. The molecule has 0 radical (unpaired) electrons. The summed E-state index contributed by atoms with van der Waals surface area (Å²) < 4.78 is 5.52. The average Bonchev–Trinajstić information content (AvgIpc) is 2.95. The zero-order valence-electron chi connectivity index (χ0n) is 25.8. The van der Waals surface area contributed by atoms with Crippen molar-refractivity contribution in [2.45, 2.75) is 40.0 Å². The molecule has 0 fully saturated rings. The molecule has 4 N–H and O–H groups in total. The number of carboxylic acid groups (broad SMARTS) is 1. The second-order valence-corrected chi connectivity index (χ2v) is 11.5. The van der Waals surface area contributed by atoms with Gasteiger partial charge in [0.2, 0.25) is 11.8 Å². The molecule has 0 saturated heterocycles. The number of aliphatic imine (C=N–C) groups is 1. The van der Waals surface area contributed by atoms with E-state index in [-0.39, 0.29) is 47.0 Å². The molecule has 0 aliphatic rings. The van der Waals surface area contributed by atoms with Crippen LogP contribution in [-0.2, 0) is 14.4 Å². The quantitative estimate of drug-likeness (QED) is 0.0566. The Kier molecular flexibility index (Phi) is 14.8. The number of nitrogens with one attached hydrogen (secondary N) is 3. The van der Waals surface area contributed by atoms with Crippen molar-refractivity contribution in [3.8, 4) is 5.75 Å². The lowest BCUT2D eigenvalue weighted by molar-refractivity contribution is -0.118. The summed E-state index contributed by atoms with van der Waals surface area (Å²) in [6.07, 6.45) is 1.48. The molecule has 0 aliphatic carbocycles. The predicted molar refractivity (Wildman–Crippen MR) is 179 cm³/mol. The fourth-order valence-corrected chi connectivity index (χ4v) is 4.85. The Labute approximate surface area is 273 Å². The molecule has 11 nitrogen and oxygen atoms in total. The van der Waals surface area contributed by atoms with Crippen molar-refractivity contribution < 1.29 is 29.1 Å². The molecule has 2 rings (SSSR count). The van der Waals surface area contributed by atoms with Gasteiger partial charge in [0.25, 0.3) is 0 Å². The van der Waals surface area contributed by atoms with Crippen LogP contribution in [0.2, 0.25) is 10.0 Å². The first-order valence-electron chi connectivity index (χ1n) is 14.0. The number of carbonyl (C=O) groups is 3. The molecule has 0 heterocycles. The standard InChI is InChI=1S/C32H39Cl2N5O6/c1-7-14-35-19-27(41)36-29-23(33)16-21(17-24(29)34)28(32(4,5)6)30(38-31(42)43)37-26(40)18-25(39-45-9-3)20-10-12-22(13-11-20)44-15-8-2/h7-8,10-13,16-17,28,35H,1-2,9,14-15,18-19H2,3-6H3,(H,36,41)(H,42,43)(H,37,38,40). The van der Waals surface area contributed by atoms with Crippen LogP contribution in [0.25, 0.3) is 0 Å². The largest absolute Gasteiger partial charge is 0.490 e. The first-order chi connectivity index (χ1) is 21.3. The van der Waals surface area contributed by atoms with E-state index < -0.39 is 23.3 Å². The summed E-state index contributed by atoms with van der Waals surface area (Å²) in [7, 11) is 0. The van der Waals surface area contributed by atoms with Gasteiger partial charge < -0.3 is 30.6 Å². The van der Waals surface area contributed by atoms with Gasteiger partial charge in [-0.3, -0.25) is 9.59 Å². The minimum atomic E-state index is -1.51.